The van der Waals surface area contributed by atoms with E-state index in [1.165, 1.54) is 22.0 Å². The van der Waals surface area contributed by atoms with Gasteiger partial charge in [0.15, 0.2) is 0 Å². The molecule has 0 fully saturated rings. The molecule has 1 rings (SSSR count). The van der Waals surface area contributed by atoms with Gasteiger partial charge in [-0.15, -0.1) is 0 Å². The predicted octanol–water partition coefficient (Wildman–Crippen LogP) is 2.46. The quantitative estimate of drug-likeness (QED) is 0.777. The molecule has 0 aliphatic carbocycles. The van der Waals surface area contributed by atoms with Gasteiger partial charge in [-0.25, -0.2) is 0 Å². The second kappa shape index (κ2) is 6.99. The first-order valence-corrected chi connectivity index (χ1v) is 6.13. The number of benzene rings is 1. The lowest BCUT2D eigenvalue weighted by atomic mass is 10.1. The normalized spacial score (nSPS) is 10.6. The average molecular weight is 271 g/mol. The van der Waals surface area contributed by atoms with Gasteiger partial charge < -0.3 is 10.6 Å². The topological polar surface area (TPSA) is 24.1 Å². The van der Waals surface area contributed by atoms with Crippen LogP contribution in [-0.4, -0.2) is 20.1 Å². The Labute approximate surface area is 101 Å². The van der Waals surface area contributed by atoms with Crippen LogP contribution >= 0.6 is 15.9 Å². The standard InChI is InChI=1S/C12H19BrN2/c1-10-4-5-11(12(13)8-10)9-15-7-3-6-14-2/h4-5,8,14-15H,3,6-7,9H2,1-2H3. The molecule has 0 atom stereocenters. The highest BCUT2D eigenvalue weighted by atomic mass is 79.9. The number of aryl methyl sites for hydroxylation is 1. The van der Waals surface area contributed by atoms with Gasteiger partial charge in [0, 0.05) is 11.0 Å². The summed E-state index contributed by atoms with van der Waals surface area (Å²) in [5.41, 5.74) is 2.62. The highest BCUT2D eigenvalue weighted by Gasteiger charge is 1.98. The van der Waals surface area contributed by atoms with Gasteiger partial charge in [-0.3, -0.25) is 0 Å². The summed E-state index contributed by atoms with van der Waals surface area (Å²) in [6, 6.07) is 6.48. The van der Waals surface area contributed by atoms with E-state index in [0.717, 1.165) is 19.6 Å². The molecule has 0 aliphatic heterocycles. The lowest BCUT2D eigenvalue weighted by Crippen LogP contribution is -2.19. The largest absolute Gasteiger partial charge is 0.320 e. The summed E-state index contributed by atoms with van der Waals surface area (Å²) in [5, 5.41) is 6.56. The fourth-order valence-corrected chi connectivity index (χ4v) is 2.04. The molecule has 15 heavy (non-hydrogen) atoms. The van der Waals surface area contributed by atoms with E-state index in [1.54, 1.807) is 0 Å². The van der Waals surface area contributed by atoms with Crippen LogP contribution in [0.4, 0.5) is 0 Å². The molecule has 3 heteroatoms. The molecule has 0 spiro atoms. The first-order valence-electron chi connectivity index (χ1n) is 5.34. The average Bonchev–Trinajstić information content (AvgIpc) is 2.20. The van der Waals surface area contributed by atoms with Gasteiger partial charge in [-0.1, -0.05) is 28.1 Å². The minimum absolute atomic E-state index is 0.935. The Morgan fingerprint density at radius 1 is 1.27 bits per heavy atom. The van der Waals surface area contributed by atoms with Crippen molar-refractivity contribution in [1.29, 1.82) is 0 Å². The Morgan fingerprint density at radius 2 is 2.07 bits per heavy atom. The zero-order valence-corrected chi connectivity index (χ0v) is 11.0. The molecule has 2 nitrogen and oxygen atoms in total. The minimum atomic E-state index is 0.935. The van der Waals surface area contributed by atoms with Crippen molar-refractivity contribution < 1.29 is 0 Å². The van der Waals surface area contributed by atoms with Crippen LogP contribution < -0.4 is 10.6 Å². The molecule has 0 radical (unpaired) electrons. The number of nitrogens with one attached hydrogen (secondary N) is 2. The summed E-state index contributed by atoms with van der Waals surface area (Å²) in [4.78, 5) is 0. The van der Waals surface area contributed by atoms with E-state index in [9.17, 15) is 0 Å². The molecule has 84 valence electrons. The summed E-state index contributed by atoms with van der Waals surface area (Å²) >= 11 is 3.58. The number of halogens is 1. The van der Waals surface area contributed by atoms with Crippen LogP contribution in [0.3, 0.4) is 0 Å². The summed E-state index contributed by atoms with van der Waals surface area (Å²) in [6.07, 6.45) is 1.17. The van der Waals surface area contributed by atoms with Gasteiger partial charge in [-0.2, -0.15) is 0 Å². The first-order chi connectivity index (χ1) is 7.24. The maximum absolute atomic E-state index is 3.58. The molecule has 0 unspecified atom stereocenters. The van der Waals surface area contributed by atoms with Crippen LogP contribution in [0.25, 0.3) is 0 Å². The van der Waals surface area contributed by atoms with E-state index in [2.05, 4.69) is 51.7 Å². The van der Waals surface area contributed by atoms with E-state index >= 15 is 0 Å². The van der Waals surface area contributed by atoms with Crippen LogP contribution in [0.1, 0.15) is 17.5 Å². The monoisotopic (exact) mass is 270 g/mol. The third-order valence-electron chi connectivity index (χ3n) is 2.30. The van der Waals surface area contributed by atoms with Crippen molar-refractivity contribution in [3.05, 3.63) is 33.8 Å². The highest BCUT2D eigenvalue weighted by Crippen LogP contribution is 2.17. The molecule has 0 heterocycles. The van der Waals surface area contributed by atoms with E-state index in [0.29, 0.717) is 0 Å². The molecule has 1 aromatic carbocycles. The van der Waals surface area contributed by atoms with Gasteiger partial charge in [-0.05, 0) is 50.7 Å². The molecule has 2 N–H and O–H groups in total. The fourth-order valence-electron chi connectivity index (χ4n) is 1.41. The second-order valence-electron chi connectivity index (χ2n) is 3.73. The highest BCUT2D eigenvalue weighted by molar-refractivity contribution is 9.10. The number of hydrogen-bond acceptors (Lipinski definition) is 2. The Balaban J connectivity index is 2.31. The molecule has 0 aliphatic rings. The first kappa shape index (κ1) is 12.7. The molecule has 0 saturated heterocycles. The third kappa shape index (κ3) is 4.78. The van der Waals surface area contributed by atoms with Crippen LogP contribution in [0.2, 0.25) is 0 Å². The summed E-state index contributed by atoms with van der Waals surface area (Å²) in [7, 11) is 1.98. The van der Waals surface area contributed by atoms with E-state index in [4.69, 9.17) is 0 Å². The van der Waals surface area contributed by atoms with Crippen LogP contribution in [-0.2, 0) is 6.54 Å². The molecule has 0 amide bonds. The predicted molar refractivity (Wildman–Crippen MR) is 69.1 cm³/mol. The fraction of sp³-hybridized carbons (Fsp3) is 0.500. The molecule has 0 aromatic heterocycles. The lowest BCUT2D eigenvalue weighted by molar-refractivity contribution is 0.624. The van der Waals surface area contributed by atoms with Crippen molar-refractivity contribution in [3.8, 4) is 0 Å². The minimum Gasteiger partial charge on any atom is -0.320 e. The SMILES string of the molecule is CNCCCNCc1ccc(C)cc1Br. The lowest BCUT2D eigenvalue weighted by Gasteiger charge is -2.07. The van der Waals surface area contributed by atoms with Crippen molar-refractivity contribution in [3.63, 3.8) is 0 Å². The smallest absolute Gasteiger partial charge is 0.0222 e. The number of hydrogen-bond donors (Lipinski definition) is 2. The number of rotatable bonds is 6. The summed E-state index contributed by atoms with van der Waals surface area (Å²) in [5.74, 6) is 0. The Bertz CT molecular complexity index is 300. The Morgan fingerprint density at radius 3 is 2.73 bits per heavy atom. The summed E-state index contributed by atoms with van der Waals surface area (Å²) in [6.45, 7) is 5.17. The Kier molecular flexibility index (Phi) is 5.91. The van der Waals surface area contributed by atoms with Crippen molar-refractivity contribution >= 4 is 15.9 Å². The zero-order valence-electron chi connectivity index (χ0n) is 9.44. The maximum Gasteiger partial charge on any atom is 0.0222 e. The second-order valence-corrected chi connectivity index (χ2v) is 4.58. The molecular weight excluding hydrogens is 252 g/mol. The molecule has 0 bridgehead atoms. The maximum atomic E-state index is 3.58. The van der Waals surface area contributed by atoms with E-state index < -0.39 is 0 Å². The van der Waals surface area contributed by atoms with Gasteiger partial charge in [0.05, 0.1) is 0 Å². The Hall–Kier alpha value is -0.380. The van der Waals surface area contributed by atoms with Crippen molar-refractivity contribution in [2.45, 2.75) is 19.9 Å². The van der Waals surface area contributed by atoms with E-state index in [1.807, 2.05) is 7.05 Å². The van der Waals surface area contributed by atoms with Crippen molar-refractivity contribution in [1.82, 2.24) is 10.6 Å². The van der Waals surface area contributed by atoms with Crippen molar-refractivity contribution in [2.75, 3.05) is 20.1 Å². The van der Waals surface area contributed by atoms with Crippen LogP contribution in [0, 0.1) is 6.92 Å². The zero-order chi connectivity index (χ0) is 11.1. The van der Waals surface area contributed by atoms with Gasteiger partial charge >= 0.3 is 0 Å². The van der Waals surface area contributed by atoms with Gasteiger partial charge in [0.25, 0.3) is 0 Å². The molecule has 1 aromatic rings. The summed E-state index contributed by atoms with van der Waals surface area (Å²) < 4.78 is 1.20. The van der Waals surface area contributed by atoms with Crippen molar-refractivity contribution in [2.24, 2.45) is 0 Å². The van der Waals surface area contributed by atoms with E-state index in [-0.39, 0.29) is 0 Å². The molecule has 0 saturated carbocycles. The van der Waals surface area contributed by atoms with Gasteiger partial charge in [0.1, 0.15) is 0 Å². The van der Waals surface area contributed by atoms with Crippen LogP contribution in [0.15, 0.2) is 22.7 Å². The third-order valence-corrected chi connectivity index (χ3v) is 3.04. The molecular formula is C12H19BrN2. The van der Waals surface area contributed by atoms with Crippen LogP contribution in [0.5, 0.6) is 0 Å². The van der Waals surface area contributed by atoms with Gasteiger partial charge in [0.2, 0.25) is 0 Å².